The molecule has 116 valence electrons. The summed E-state index contributed by atoms with van der Waals surface area (Å²) < 4.78 is 5.28. The normalized spacial score (nSPS) is 16.9. The smallest absolute Gasteiger partial charge is 0.255 e. The van der Waals surface area contributed by atoms with Crippen LogP contribution < -0.4 is 4.74 Å². The molecule has 1 aliphatic rings. The van der Waals surface area contributed by atoms with Crippen LogP contribution in [0.5, 0.6) is 5.75 Å². The van der Waals surface area contributed by atoms with E-state index in [-0.39, 0.29) is 11.9 Å². The highest BCUT2D eigenvalue weighted by Gasteiger charge is 2.31. The lowest BCUT2D eigenvalue weighted by Crippen LogP contribution is -2.31. The summed E-state index contributed by atoms with van der Waals surface area (Å²) in [6, 6.07) is 17.0. The maximum Gasteiger partial charge on any atom is 0.255 e. The number of likely N-dealkylation sites (tertiary alicyclic amines) is 1. The predicted octanol–water partition coefficient (Wildman–Crippen LogP) is 3.54. The van der Waals surface area contributed by atoms with Gasteiger partial charge in [-0.1, -0.05) is 24.3 Å². The molecule has 1 amide bonds. The zero-order chi connectivity index (χ0) is 16.2. The second-order valence-corrected chi connectivity index (χ2v) is 5.59. The van der Waals surface area contributed by atoms with Crippen LogP contribution in [0.2, 0.25) is 0 Å². The van der Waals surface area contributed by atoms with Gasteiger partial charge in [0.1, 0.15) is 5.75 Å². The number of benzene rings is 2. The van der Waals surface area contributed by atoms with E-state index in [0.29, 0.717) is 17.7 Å². The molecule has 0 saturated carbocycles. The Kier molecular flexibility index (Phi) is 4.29. The fraction of sp³-hybridized carbons (Fsp3) is 0.263. The number of methoxy groups -OCH3 is 1. The predicted molar refractivity (Wildman–Crippen MR) is 87.2 cm³/mol. The van der Waals surface area contributed by atoms with Crippen LogP contribution >= 0.6 is 0 Å². The van der Waals surface area contributed by atoms with Crippen LogP contribution in [0.15, 0.2) is 48.5 Å². The Morgan fingerprint density at radius 2 is 2.09 bits per heavy atom. The van der Waals surface area contributed by atoms with Gasteiger partial charge in [0.15, 0.2) is 0 Å². The highest BCUT2D eigenvalue weighted by atomic mass is 16.5. The summed E-state index contributed by atoms with van der Waals surface area (Å²) in [5.41, 5.74) is 1.98. The highest BCUT2D eigenvalue weighted by molar-refractivity contribution is 5.97. The number of nitriles is 1. The number of nitrogens with zero attached hydrogens (tertiary/aromatic N) is 2. The maximum absolute atomic E-state index is 12.9. The van der Waals surface area contributed by atoms with Crippen molar-refractivity contribution in [3.63, 3.8) is 0 Å². The second-order valence-electron chi connectivity index (χ2n) is 5.59. The summed E-state index contributed by atoms with van der Waals surface area (Å²) in [4.78, 5) is 14.8. The molecule has 4 nitrogen and oxygen atoms in total. The first-order valence-corrected chi connectivity index (χ1v) is 7.68. The van der Waals surface area contributed by atoms with Gasteiger partial charge in [0.25, 0.3) is 5.91 Å². The van der Waals surface area contributed by atoms with Gasteiger partial charge >= 0.3 is 0 Å². The molecule has 1 heterocycles. The van der Waals surface area contributed by atoms with Crippen LogP contribution in [-0.2, 0) is 0 Å². The first-order chi connectivity index (χ1) is 11.2. The van der Waals surface area contributed by atoms with Crippen molar-refractivity contribution in [2.75, 3.05) is 13.7 Å². The summed E-state index contributed by atoms with van der Waals surface area (Å²) in [5, 5.41) is 9.22. The van der Waals surface area contributed by atoms with Crippen LogP contribution in [-0.4, -0.2) is 24.5 Å². The standard InChI is InChI=1S/C19H18N2O2/c1-23-16-8-4-7-14(12-16)18-10-5-11-21(18)19(22)17-9-3-2-6-15(17)13-20/h2-4,6-9,12,18H,5,10-11H2,1H3/t18-/m0/s1. The van der Waals surface area contributed by atoms with Gasteiger partial charge in [-0.15, -0.1) is 0 Å². The van der Waals surface area contributed by atoms with Crippen molar-refractivity contribution in [1.29, 1.82) is 5.26 Å². The van der Waals surface area contributed by atoms with Gasteiger partial charge in [0, 0.05) is 6.54 Å². The molecule has 3 rings (SSSR count). The van der Waals surface area contributed by atoms with E-state index in [1.807, 2.05) is 29.2 Å². The molecular formula is C19H18N2O2. The Bertz CT molecular complexity index is 764. The Morgan fingerprint density at radius 1 is 1.26 bits per heavy atom. The number of hydrogen-bond donors (Lipinski definition) is 0. The van der Waals surface area contributed by atoms with E-state index < -0.39 is 0 Å². The molecule has 0 aliphatic carbocycles. The Labute approximate surface area is 135 Å². The van der Waals surface area contributed by atoms with Gasteiger partial charge in [-0.2, -0.15) is 5.26 Å². The minimum Gasteiger partial charge on any atom is -0.497 e. The third kappa shape index (κ3) is 2.91. The molecular weight excluding hydrogens is 288 g/mol. The van der Waals surface area contributed by atoms with E-state index in [1.54, 1.807) is 31.4 Å². The van der Waals surface area contributed by atoms with Crippen molar-refractivity contribution >= 4 is 5.91 Å². The SMILES string of the molecule is COc1cccc([C@@H]2CCCN2C(=O)c2ccccc2C#N)c1. The second kappa shape index (κ2) is 6.53. The van der Waals surface area contributed by atoms with Crippen molar-refractivity contribution in [2.45, 2.75) is 18.9 Å². The molecule has 1 aliphatic heterocycles. The highest BCUT2D eigenvalue weighted by Crippen LogP contribution is 2.34. The first-order valence-electron chi connectivity index (χ1n) is 7.68. The van der Waals surface area contributed by atoms with Crippen LogP contribution in [0.25, 0.3) is 0 Å². The number of hydrogen-bond acceptors (Lipinski definition) is 3. The number of rotatable bonds is 3. The van der Waals surface area contributed by atoms with Crippen LogP contribution in [0, 0.1) is 11.3 Å². The molecule has 1 fully saturated rings. The Morgan fingerprint density at radius 3 is 2.87 bits per heavy atom. The molecule has 1 saturated heterocycles. The minimum absolute atomic E-state index is 0.0318. The summed E-state index contributed by atoms with van der Waals surface area (Å²) >= 11 is 0. The minimum atomic E-state index is -0.0764. The summed E-state index contributed by atoms with van der Waals surface area (Å²) in [5.74, 6) is 0.715. The fourth-order valence-corrected chi connectivity index (χ4v) is 3.13. The van der Waals surface area contributed by atoms with Gasteiger partial charge < -0.3 is 9.64 Å². The molecule has 2 aromatic rings. The van der Waals surface area contributed by atoms with E-state index in [4.69, 9.17) is 4.74 Å². The molecule has 23 heavy (non-hydrogen) atoms. The van der Waals surface area contributed by atoms with Crippen molar-refractivity contribution in [3.05, 3.63) is 65.2 Å². The molecule has 0 aromatic heterocycles. The van der Waals surface area contributed by atoms with E-state index in [0.717, 1.165) is 24.2 Å². The zero-order valence-corrected chi connectivity index (χ0v) is 13.0. The van der Waals surface area contributed by atoms with Gasteiger partial charge in [-0.3, -0.25) is 4.79 Å². The van der Waals surface area contributed by atoms with Crippen molar-refractivity contribution in [1.82, 2.24) is 4.90 Å². The van der Waals surface area contributed by atoms with E-state index in [1.165, 1.54) is 0 Å². The van der Waals surface area contributed by atoms with Crippen LogP contribution in [0.1, 0.15) is 40.4 Å². The lowest BCUT2D eigenvalue weighted by Gasteiger charge is -2.25. The van der Waals surface area contributed by atoms with Crippen molar-refractivity contribution in [3.8, 4) is 11.8 Å². The summed E-state index contributed by atoms with van der Waals surface area (Å²) in [6.45, 7) is 0.709. The first kappa shape index (κ1) is 15.1. The van der Waals surface area contributed by atoms with Gasteiger partial charge in [-0.25, -0.2) is 0 Å². The van der Waals surface area contributed by atoms with Crippen LogP contribution in [0.4, 0.5) is 0 Å². The Hall–Kier alpha value is -2.80. The average molecular weight is 306 g/mol. The summed E-state index contributed by atoms with van der Waals surface area (Å²) in [6.07, 6.45) is 1.88. The third-order valence-corrected chi connectivity index (χ3v) is 4.27. The number of amides is 1. The topological polar surface area (TPSA) is 53.3 Å². The van der Waals surface area contributed by atoms with Gasteiger partial charge in [0.2, 0.25) is 0 Å². The molecule has 0 N–H and O–H groups in total. The molecule has 2 aromatic carbocycles. The summed E-state index contributed by atoms with van der Waals surface area (Å²) in [7, 11) is 1.64. The van der Waals surface area contributed by atoms with E-state index >= 15 is 0 Å². The molecule has 0 unspecified atom stereocenters. The average Bonchev–Trinajstić information content (AvgIpc) is 3.10. The maximum atomic E-state index is 12.9. The third-order valence-electron chi connectivity index (χ3n) is 4.27. The van der Waals surface area contributed by atoms with E-state index in [9.17, 15) is 10.1 Å². The molecule has 1 atom stereocenters. The van der Waals surface area contributed by atoms with Gasteiger partial charge in [-0.05, 0) is 42.7 Å². The number of carbonyl (C=O) groups excluding carboxylic acids is 1. The quantitative estimate of drug-likeness (QED) is 0.871. The molecule has 0 spiro atoms. The molecule has 4 heteroatoms. The monoisotopic (exact) mass is 306 g/mol. The largest absolute Gasteiger partial charge is 0.497 e. The van der Waals surface area contributed by atoms with Crippen molar-refractivity contribution in [2.24, 2.45) is 0 Å². The fourth-order valence-electron chi connectivity index (χ4n) is 3.13. The Balaban J connectivity index is 1.92. The van der Waals surface area contributed by atoms with E-state index in [2.05, 4.69) is 6.07 Å². The lowest BCUT2D eigenvalue weighted by molar-refractivity contribution is 0.0735. The number of ether oxygens (including phenoxy) is 1. The van der Waals surface area contributed by atoms with Gasteiger partial charge in [0.05, 0.1) is 30.3 Å². The van der Waals surface area contributed by atoms with Crippen molar-refractivity contribution < 1.29 is 9.53 Å². The zero-order valence-electron chi connectivity index (χ0n) is 13.0. The molecule has 0 bridgehead atoms. The lowest BCUT2D eigenvalue weighted by atomic mass is 10.0. The number of carbonyl (C=O) groups is 1. The molecule has 0 radical (unpaired) electrons. The van der Waals surface area contributed by atoms with Crippen LogP contribution in [0.3, 0.4) is 0 Å².